The number of pyridine rings is 1. The maximum Gasteiger partial charge on any atom is 0.415 e. The Balaban J connectivity index is 1.04. The Hall–Kier alpha value is -4.41. The third-order valence-electron chi connectivity index (χ3n) is 7.52. The summed E-state index contributed by atoms with van der Waals surface area (Å²) in [6.07, 6.45) is -0.151. The monoisotopic (exact) mass is 548 g/mol. The van der Waals surface area contributed by atoms with Crippen LogP contribution in [-0.4, -0.2) is 75.0 Å². The first-order chi connectivity index (χ1) is 19.5. The minimum atomic E-state index is -0.508. The number of rotatable bonds is 10. The first kappa shape index (κ1) is 25.8. The van der Waals surface area contributed by atoms with Gasteiger partial charge in [0.2, 0.25) is 0 Å². The van der Waals surface area contributed by atoms with Crippen molar-refractivity contribution in [3.05, 3.63) is 41.0 Å². The average Bonchev–Trinajstić information content (AvgIpc) is 3.47. The molecule has 2 amide bonds. The fourth-order valence-corrected chi connectivity index (χ4v) is 5.43. The summed E-state index contributed by atoms with van der Waals surface area (Å²) >= 11 is 0. The van der Waals surface area contributed by atoms with Gasteiger partial charge in [0, 0.05) is 25.6 Å². The van der Waals surface area contributed by atoms with Crippen molar-refractivity contribution in [3.8, 4) is 17.6 Å². The zero-order chi connectivity index (χ0) is 27.6. The topological polar surface area (TPSA) is 164 Å². The lowest BCUT2D eigenvalue weighted by atomic mass is 10.0. The van der Waals surface area contributed by atoms with E-state index in [0.29, 0.717) is 61.8 Å². The normalized spacial score (nSPS) is 23.2. The van der Waals surface area contributed by atoms with Crippen molar-refractivity contribution in [2.24, 2.45) is 5.92 Å². The third kappa shape index (κ3) is 4.99. The van der Waals surface area contributed by atoms with Crippen molar-refractivity contribution >= 4 is 30.1 Å². The number of carbonyl (C=O) groups is 3. The van der Waals surface area contributed by atoms with Crippen LogP contribution in [-0.2, 0) is 25.5 Å². The van der Waals surface area contributed by atoms with Gasteiger partial charge in [0.15, 0.2) is 18.2 Å². The van der Waals surface area contributed by atoms with Crippen LogP contribution in [0, 0.1) is 17.2 Å². The van der Waals surface area contributed by atoms with Crippen molar-refractivity contribution in [1.29, 1.82) is 5.26 Å². The molecule has 0 spiro atoms. The summed E-state index contributed by atoms with van der Waals surface area (Å²) in [7, 11) is 0. The molecule has 0 bridgehead atoms. The van der Waals surface area contributed by atoms with Crippen molar-refractivity contribution < 1.29 is 33.3 Å². The average molecular weight is 549 g/mol. The number of fused-ring (bicyclic) bond motifs is 2. The predicted molar refractivity (Wildman–Crippen MR) is 139 cm³/mol. The number of ether oxygens (including phenoxy) is 4. The highest BCUT2D eigenvalue weighted by Gasteiger charge is 2.38. The van der Waals surface area contributed by atoms with E-state index in [-0.39, 0.29) is 36.5 Å². The van der Waals surface area contributed by atoms with Gasteiger partial charge < -0.3 is 34.9 Å². The fourth-order valence-electron chi connectivity index (χ4n) is 5.43. The van der Waals surface area contributed by atoms with E-state index in [1.165, 1.54) is 4.90 Å². The van der Waals surface area contributed by atoms with E-state index in [9.17, 15) is 19.6 Å². The first-order valence-corrected chi connectivity index (χ1v) is 13.2. The molecule has 1 aromatic carbocycles. The molecular formula is C27H28N6O7. The van der Waals surface area contributed by atoms with E-state index in [2.05, 4.69) is 27.0 Å². The maximum absolute atomic E-state index is 12.5. The minimum absolute atomic E-state index is 0.0459. The lowest BCUT2D eigenvalue weighted by Gasteiger charge is -2.28. The number of nitrogens with one attached hydrogen (secondary N) is 3. The van der Waals surface area contributed by atoms with Crippen LogP contribution in [0.2, 0.25) is 0 Å². The van der Waals surface area contributed by atoms with E-state index >= 15 is 0 Å². The molecule has 6 rings (SSSR count). The first-order valence-electron chi connectivity index (χ1n) is 13.2. The van der Waals surface area contributed by atoms with Crippen molar-refractivity contribution in [1.82, 2.24) is 15.6 Å². The van der Waals surface area contributed by atoms with Gasteiger partial charge in [-0.25, -0.2) is 9.78 Å². The van der Waals surface area contributed by atoms with Gasteiger partial charge in [0.1, 0.15) is 35.9 Å². The molecular weight excluding hydrogens is 520 g/mol. The van der Waals surface area contributed by atoms with Gasteiger partial charge in [-0.1, -0.05) is 6.07 Å². The van der Waals surface area contributed by atoms with Crippen LogP contribution in [0.4, 0.5) is 16.4 Å². The van der Waals surface area contributed by atoms with Gasteiger partial charge in [-0.2, -0.15) is 5.26 Å². The number of nitriles is 1. The molecule has 1 aliphatic carbocycles. The van der Waals surface area contributed by atoms with Crippen molar-refractivity contribution in [2.45, 2.75) is 31.2 Å². The summed E-state index contributed by atoms with van der Waals surface area (Å²) in [4.78, 5) is 41.2. The Morgan fingerprint density at radius 2 is 2.12 bits per heavy atom. The Morgan fingerprint density at radius 1 is 1.25 bits per heavy atom. The largest absolute Gasteiger partial charge is 0.486 e. The Bertz CT molecular complexity index is 1370. The lowest BCUT2D eigenvalue weighted by molar-refractivity contribution is -0.136. The van der Waals surface area contributed by atoms with Gasteiger partial charge >= 0.3 is 6.09 Å². The maximum atomic E-state index is 12.5. The summed E-state index contributed by atoms with van der Waals surface area (Å²) in [5.74, 6) is 1.28. The number of hydrogen-bond donors (Lipinski definition) is 3. The van der Waals surface area contributed by atoms with Crippen LogP contribution >= 0.6 is 0 Å². The van der Waals surface area contributed by atoms with Crippen LogP contribution in [0.3, 0.4) is 0 Å². The zero-order valence-corrected chi connectivity index (χ0v) is 21.6. The van der Waals surface area contributed by atoms with Crippen LogP contribution < -0.4 is 30.3 Å². The summed E-state index contributed by atoms with van der Waals surface area (Å²) in [6.45, 7) is 3.28. The van der Waals surface area contributed by atoms with Crippen molar-refractivity contribution in [3.63, 3.8) is 0 Å². The molecule has 3 N–H and O–H groups in total. The van der Waals surface area contributed by atoms with Gasteiger partial charge in [-0.05, 0) is 48.7 Å². The molecule has 3 unspecified atom stereocenters. The number of carbonyl (C=O) groups excluding carboxylic acids is 3. The number of benzene rings is 1. The Morgan fingerprint density at radius 3 is 2.90 bits per heavy atom. The molecule has 0 radical (unpaired) electrons. The summed E-state index contributed by atoms with van der Waals surface area (Å²) in [6, 6.07) is 9.26. The summed E-state index contributed by atoms with van der Waals surface area (Å²) < 4.78 is 22.3. The lowest BCUT2D eigenvalue weighted by Crippen LogP contribution is -2.50. The summed E-state index contributed by atoms with van der Waals surface area (Å²) in [5.41, 5.74) is 2.17. The van der Waals surface area contributed by atoms with Gasteiger partial charge in [-0.3, -0.25) is 14.5 Å². The Labute approximate surface area is 229 Å². The smallest absolute Gasteiger partial charge is 0.415 e. The molecule has 3 aliphatic heterocycles. The van der Waals surface area contributed by atoms with E-state index in [1.54, 1.807) is 18.2 Å². The zero-order valence-electron chi connectivity index (χ0n) is 21.6. The minimum Gasteiger partial charge on any atom is -0.486 e. The highest BCUT2D eigenvalue weighted by molar-refractivity contribution is 5.95. The molecule has 40 heavy (non-hydrogen) atoms. The Kier molecular flexibility index (Phi) is 7.10. The molecule has 2 fully saturated rings. The number of cyclic esters (lactones) is 1. The molecule has 4 aliphatic rings. The van der Waals surface area contributed by atoms with E-state index < -0.39 is 12.2 Å². The molecule has 208 valence electrons. The fraction of sp³-hybridized carbons (Fsp3) is 0.444. The number of anilines is 2. The predicted octanol–water partition coefficient (Wildman–Crippen LogP) is 1.03. The van der Waals surface area contributed by atoms with E-state index in [0.717, 1.165) is 24.2 Å². The molecule has 0 saturated carbocycles. The quantitative estimate of drug-likeness (QED) is 0.287. The molecule has 13 nitrogen and oxygen atoms in total. The van der Waals surface area contributed by atoms with Gasteiger partial charge in [0.05, 0.1) is 12.1 Å². The van der Waals surface area contributed by atoms with Gasteiger partial charge in [0.25, 0.3) is 12.4 Å². The number of amides is 2. The highest BCUT2D eigenvalue weighted by Crippen LogP contribution is 2.42. The number of aromatic nitrogens is 1. The van der Waals surface area contributed by atoms with Crippen LogP contribution in [0.1, 0.15) is 29.2 Å². The van der Waals surface area contributed by atoms with Crippen LogP contribution in [0.15, 0.2) is 24.3 Å². The molecule has 4 heterocycles. The third-order valence-corrected chi connectivity index (χ3v) is 7.52. The second-order valence-electron chi connectivity index (χ2n) is 10.1. The van der Waals surface area contributed by atoms with Crippen LogP contribution in [0.25, 0.3) is 0 Å². The molecule has 2 saturated heterocycles. The SMILES string of the molecule is N#Cc1c(OC2CNC2)ccc2c1CC(CNCCC1CN(c3ccc4c(n3)NC(=O)CO4)C(=O)O1)C2OC=O. The molecule has 13 heteroatoms. The van der Waals surface area contributed by atoms with Gasteiger partial charge in [-0.15, -0.1) is 0 Å². The summed E-state index contributed by atoms with van der Waals surface area (Å²) in [5, 5.41) is 19.0. The molecule has 1 aromatic heterocycles. The van der Waals surface area contributed by atoms with E-state index in [4.69, 9.17) is 18.9 Å². The van der Waals surface area contributed by atoms with Crippen molar-refractivity contribution in [2.75, 3.05) is 49.5 Å². The standard InChI is InChI=1S/C27H28N6O7/c28-8-20-19-7-15(25(38-14-34)18(19)1-2-21(20)39-17-10-30-11-17)9-29-6-5-16-12-33(27(36)40-16)23-4-3-22-26(31-23)32-24(35)13-37-22/h1-4,14-17,25,29-30H,5-7,9-13H2,(H,31,32,35). The highest BCUT2D eigenvalue weighted by atomic mass is 16.6. The second kappa shape index (κ2) is 11.0. The number of nitrogens with zero attached hydrogens (tertiary/aromatic N) is 3. The molecule has 2 aromatic rings. The van der Waals surface area contributed by atoms with E-state index in [1.807, 2.05) is 6.07 Å². The molecule has 3 atom stereocenters. The number of hydrogen-bond acceptors (Lipinski definition) is 11. The van der Waals surface area contributed by atoms with Crippen LogP contribution in [0.5, 0.6) is 11.5 Å². The second-order valence-corrected chi connectivity index (χ2v) is 10.1.